The Morgan fingerprint density at radius 2 is 1.54 bits per heavy atom. The Morgan fingerprint density at radius 3 is 2.23 bits per heavy atom. The van der Waals surface area contributed by atoms with Gasteiger partial charge in [0.25, 0.3) is 5.91 Å². The first kappa shape index (κ1) is 23.5. The molecule has 0 spiro atoms. The maximum Gasteiger partial charge on any atom is 0.287 e. The maximum absolute atomic E-state index is 14.9. The van der Waals surface area contributed by atoms with Crippen molar-refractivity contribution in [2.75, 3.05) is 11.4 Å². The second-order valence-electron chi connectivity index (χ2n) is 7.49. The van der Waals surface area contributed by atoms with E-state index in [9.17, 15) is 18.8 Å². The van der Waals surface area contributed by atoms with E-state index in [2.05, 4.69) is 10.6 Å². The number of anilines is 1. The minimum atomic E-state index is -1.23. The molecule has 178 valence electrons. The Balaban J connectivity index is 1.66. The number of para-hydroxylation sites is 1. The molecule has 0 fully saturated rings. The van der Waals surface area contributed by atoms with E-state index in [0.29, 0.717) is 11.3 Å². The molecule has 1 atom stereocenters. The molecule has 35 heavy (non-hydrogen) atoms. The van der Waals surface area contributed by atoms with Crippen molar-refractivity contribution in [3.8, 4) is 0 Å². The zero-order chi connectivity index (χ0) is 24.6. The van der Waals surface area contributed by atoms with Crippen LogP contribution >= 0.6 is 0 Å². The first-order valence-electron chi connectivity index (χ1n) is 10.8. The smallest absolute Gasteiger partial charge is 0.287 e. The molecule has 0 aliphatic rings. The topological polar surface area (TPSA) is 105 Å². The van der Waals surface area contributed by atoms with Crippen molar-refractivity contribution in [1.82, 2.24) is 10.6 Å². The SMILES string of the molecule is O=C(NCC(=O)N(c1ccccc1F)C(C(=O)NCc1ccco1)c1ccccc1)c1ccco1. The minimum absolute atomic E-state index is 0.0195. The maximum atomic E-state index is 14.9. The van der Waals surface area contributed by atoms with Gasteiger partial charge in [0.15, 0.2) is 5.76 Å². The summed E-state index contributed by atoms with van der Waals surface area (Å²) in [5.74, 6) is -2.03. The number of carbonyl (C=O) groups excluding carboxylic acids is 3. The molecule has 8 nitrogen and oxygen atoms in total. The van der Waals surface area contributed by atoms with E-state index in [1.807, 2.05) is 0 Å². The molecule has 3 amide bonds. The fraction of sp³-hybridized carbons (Fsp3) is 0.115. The summed E-state index contributed by atoms with van der Waals surface area (Å²) in [4.78, 5) is 40.2. The van der Waals surface area contributed by atoms with Gasteiger partial charge in [0, 0.05) is 0 Å². The summed E-state index contributed by atoms with van der Waals surface area (Å²) in [5, 5.41) is 5.21. The number of hydrogen-bond acceptors (Lipinski definition) is 5. The van der Waals surface area contributed by atoms with Gasteiger partial charge < -0.3 is 19.5 Å². The van der Waals surface area contributed by atoms with Crippen LogP contribution in [0, 0.1) is 5.82 Å². The van der Waals surface area contributed by atoms with E-state index in [4.69, 9.17) is 8.83 Å². The molecular weight excluding hydrogens is 453 g/mol. The Labute approximate surface area is 200 Å². The molecule has 2 heterocycles. The first-order valence-corrected chi connectivity index (χ1v) is 10.8. The van der Waals surface area contributed by atoms with Crippen molar-refractivity contribution >= 4 is 23.4 Å². The number of furan rings is 2. The Hall–Kier alpha value is -4.66. The molecule has 9 heteroatoms. The van der Waals surface area contributed by atoms with Crippen molar-refractivity contribution < 1.29 is 27.6 Å². The molecule has 0 bridgehead atoms. The standard InChI is InChI=1S/C26H22FN3O5/c27-20-11-4-5-12-21(20)30(23(31)17-29-25(32)22-13-7-15-35-22)24(18-8-2-1-3-9-18)26(33)28-16-19-10-6-14-34-19/h1-15,24H,16-17H2,(H,28,33)(H,29,32). The highest BCUT2D eigenvalue weighted by Crippen LogP contribution is 2.30. The number of amides is 3. The van der Waals surface area contributed by atoms with Gasteiger partial charge in [-0.1, -0.05) is 42.5 Å². The molecule has 1 unspecified atom stereocenters. The third kappa shape index (κ3) is 5.64. The molecule has 0 saturated carbocycles. The van der Waals surface area contributed by atoms with Gasteiger partial charge in [0.1, 0.15) is 17.6 Å². The van der Waals surface area contributed by atoms with E-state index in [-0.39, 0.29) is 18.0 Å². The highest BCUT2D eigenvalue weighted by molar-refractivity contribution is 6.04. The highest BCUT2D eigenvalue weighted by Gasteiger charge is 2.34. The third-order valence-electron chi connectivity index (χ3n) is 5.16. The van der Waals surface area contributed by atoms with Gasteiger partial charge in [0.2, 0.25) is 11.8 Å². The minimum Gasteiger partial charge on any atom is -0.467 e. The summed E-state index contributed by atoms with van der Waals surface area (Å²) in [5.41, 5.74) is 0.352. The van der Waals surface area contributed by atoms with E-state index >= 15 is 0 Å². The molecule has 2 N–H and O–H groups in total. The van der Waals surface area contributed by atoms with Crippen LogP contribution in [-0.4, -0.2) is 24.3 Å². The van der Waals surface area contributed by atoms with Crippen molar-refractivity contribution in [1.29, 1.82) is 0 Å². The van der Waals surface area contributed by atoms with Gasteiger partial charge in [0.05, 0.1) is 31.3 Å². The van der Waals surface area contributed by atoms with E-state index < -0.39 is 36.1 Å². The Bertz CT molecular complexity index is 1270. The van der Waals surface area contributed by atoms with E-state index in [1.54, 1.807) is 48.5 Å². The van der Waals surface area contributed by atoms with Crippen LogP contribution in [0.3, 0.4) is 0 Å². The van der Waals surface area contributed by atoms with Crippen LogP contribution < -0.4 is 15.5 Å². The van der Waals surface area contributed by atoms with Gasteiger partial charge in [-0.05, 0) is 42.0 Å². The quantitative estimate of drug-likeness (QED) is 0.383. The zero-order valence-electron chi connectivity index (χ0n) is 18.5. The molecule has 0 saturated heterocycles. The number of benzene rings is 2. The molecule has 2 aromatic carbocycles. The van der Waals surface area contributed by atoms with Crippen LogP contribution in [0.25, 0.3) is 0 Å². The van der Waals surface area contributed by atoms with Crippen LogP contribution in [-0.2, 0) is 16.1 Å². The monoisotopic (exact) mass is 475 g/mol. The lowest BCUT2D eigenvalue weighted by Crippen LogP contribution is -2.47. The van der Waals surface area contributed by atoms with Crippen LogP contribution in [0.4, 0.5) is 10.1 Å². The first-order chi connectivity index (χ1) is 17.0. The van der Waals surface area contributed by atoms with Crippen molar-refractivity contribution in [2.45, 2.75) is 12.6 Å². The fourth-order valence-electron chi connectivity index (χ4n) is 3.54. The number of hydrogen-bond donors (Lipinski definition) is 2. The van der Waals surface area contributed by atoms with Gasteiger partial charge >= 0.3 is 0 Å². The second-order valence-corrected chi connectivity index (χ2v) is 7.49. The normalized spacial score (nSPS) is 11.5. The molecule has 0 aliphatic carbocycles. The lowest BCUT2D eigenvalue weighted by molar-refractivity contribution is -0.126. The number of halogens is 1. The van der Waals surface area contributed by atoms with Crippen LogP contribution in [0.15, 0.2) is 100 Å². The van der Waals surface area contributed by atoms with Crippen LogP contribution in [0.2, 0.25) is 0 Å². The van der Waals surface area contributed by atoms with Crippen molar-refractivity contribution in [3.63, 3.8) is 0 Å². The van der Waals surface area contributed by atoms with E-state index in [1.165, 1.54) is 42.9 Å². The highest BCUT2D eigenvalue weighted by atomic mass is 19.1. The summed E-state index contributed by atoms with van der Waals surface area (Å²) in [6, 6.07) is 19.3. The molecule has 4 rings (SSSR count). The number of rotatable bonds is 9. The predicted octanol–water partition coefficient (Wildman–Crippen LogP) is 3.83. The lowest BCUT2D eigenvalue weighted by atomic mass is 10.0. The van der Waals surface area contributed by atoms with Gasteiger partial charge in [-0.2, -0.15) is 0 Å². The largest absolute Gasteiger partial charge is 0.467 e. The van der Waals surface area contributed by atoms with Crippen molar-refractivity contribution in [2.24, 2.45) is 0 Å². The third-order valence-corrected chi connectivity index (χ3v) is 5.16. The van der Waals surface area contributed by atoms with Gasteiger partial charge in [-0.25, -0.2) is 4.39 Å². The fourth-order valence-corrected chi connectivity index (χ4v) is 3.54. The Kier molecular flexibility index (Phi) is 7.37. The second kappa shape index (κ2) is 11.0. The summed E-state index contributed by atoms with van der Waals surface area (Å²) in [6.45, 7) is -0.424. The molecule has 0 aliphatic heterocycles. The lowest BCUT2D eigenvalue weighted by Gasteiger charge is -2.31. The summed E-state index contributed by atoms with van der Waals surface area (Å²) in [7, 11) is 0. The molecule has 0 radical (unpaired) electrons. The Morgan fingerprint density at radius 1 is 0.829 bits per heavy atom. The number of nitrogens with zero attached hydrogens (tertiary/aromatic N) is 1. The summed E-state index contributed by atoms with van der Waals surface area (Å²) >= 11 is 0. The van der Waals surface area contributed by atoms with Crippen LogP contribution in [0.5, 0.6) is 0 Å². The average molecular weight is 475 g/mol. The zero-order valence-corrected chi connectivity index (χ0v) is 18.5. The molecule has 4 aromatic rings. The molecular formula is C26H22FN3O5. The average Bonchev–Trinajstić information content (AvgIpc) is 3.60. The van der Waals surface area contributed by atoms with Crippen LogP contribution in [0.1, 0.15) is 27.9 Å². The summed E-state index contributed by atoms with van der Waals surface area (Å²) in [6.07, 6.45) is 2.81. The van der Waals surface area contributed by atoms with Gasteiger partial charge in [-0.3, -0.25) is 19.3 Å². The van der Waals surface area contributed by atoms with Gasteiger partial charge in [-0.15, -0.1) is 0 Å². The number of nitrogens with one attached hydrogen (secondary N) is 2. The predicted molar refractivity (Wildman–Crippen MR) is 125 cm³/mol. The summed E-state index contributed by atoms with van der Waals surface area (Å²) < 4.78 is 25.2. The van der Waals surface area contributed by atoms with Crippen molar-refractivity contribution in [3.05, 3.63) is 114 Å². The number of carbonyl (C=O) groups is 3. The van der Waals surface area contributed by atoms with E-state index in [0.717, 1.165) is 4.90 Å². The molecule has 2 aromatic heterocycles.